The van der Waals surface area contributed by atoms with Gasteiger partial charge in [0.2, 0.25) is 5.91 Å². The van der Waals surface area contributed by atoms with Gasteiger partial charge in [0.05, 0.1) is 22.3 Å². The predicted molar refractivity (Wildman–Crippen MR) is 81.3 cm³/mol. The summed E-state index contributed by atoms with van der Waals surface area (Å²) in [4.78, 5) is 12.3. The molecule has 1 aromatic carbocycles. The number of rotatable bonds is 3. The molecule has 0 saturated heterocycles. The van der Waals surface area contributed by atoms with E-state index in [0.29, 0.717) is 10.7 Å². The highest BCUT2D eigenvalue weighted by molar-refractivity contribution is 6.33. The summed E-state index contributed by atoms with van der Waals surface area (Å²) in [5.41, 5.74) is 4.39. The van der Waals surface area contributed by atoms with Gasteiger partial charge in [0, 0.05) is 11.3 Å². The van der Waals surface area contributed by atoms with Crippen molar-refractivity contribution in [1.29, 1.82) is 0 Å². The third kappa shape index (κ3) is 2.85. The first-order valence-corrected chi connectivity index (χ1v) is 6.86. The first kappa shape index (κ1) is 14.6. The fourth-order valence-electron chi connectivity index (χ4n) is 2.29. The molecule has 5 heteroatoms. The predicted octanol–water partition coefficient (Wildman–Crippen LogP) is 3.73. The average Bonchev–Trinajstić information content (AvgIpc) is 2.71. The summed E-state index contributed by atoms with van der Waals surface area (Å²) in [7, 11) is 0. The molecule has 1 heterocycles. The lowest BCUT2D eigenvalue weighted by atomic mass is 9.98. The van der Waals surface area contributed by atoms with Gasteiger partial charge in [-0.05, 0) is 45.4 Å². The van der Waals surface area contributed by atoms with E-state index in [2.05, 4.69) is 15.5 Å². The molecule has 0 radical (unpaired) electrons. The number of nitrogens with zero attached hydrogens (tertiary/aromatic N) is 1. The molecule has 2 rings (SSSR count). The number of aryl methyl sites for hydroxylation is 3. The van der Waals surface area contributed by atoms with E-state index in [0.717, 1.165) is 22.5 Å². The summed E-state index contributed by atoms with van der Waals surface area (Å²) in [6.07, 6.45) is 0. The number of halogens is 1. The van der Waals surface area contributed by atoms with Crippen LogP contribution in [0.25, 0.3) is 0 Å². The fraction of sp³-hybridized carbons (Fsp3) is 0.333. The quantitative estimate of drug-likeness (QED) is 0.905. The van der Waals surface area contributed by atoms with Crippen LogP contribution in [0.15, 0.2) is 18.2 Å². The number of carbonyl (C=O) groups is 1. The highest BCUT2D eigenvalue weighted by Crippen LogP contribution is 2.26. The molecule has 0 spiro atoms. The number of H-pyrrole nitrogens is 1. The van der Waals surface area contributed by atoms with E-state index in [1.807, 2.05) is 45.9 Å². The van der Waals surface area contributed by atoms with Crippen LogP contribution >= 0.6 is 11.6 Å². The number of aromatic amines is 1. The number of anilines is 1. The zero-order valence-corrected chi connectivity index (χ0v) is 12.8. The van der Waals surface area contributed by atoms with E-state index in [1.165, 1.54) is 0 Å². The number of carbonyl (C=O) groups excluding carboxylic acids is 1. The largest absolute Gasteiger partial charge is 0.324 e. The van der Waals surface area contributed by atoms with Gasteiger partial charge in [-0.25, -0.2) is 0 Å². The van der Waals surface area contributed by atoms with Crippen LogP contribution in [0.4, 0.5) is 5.69 Å². The zero-order chi connectivity index (χ0) is 14.9. The number of hydrogen-bond donors (Lipinski definition) is 2. The molecule has 4 nitrogen and oxygen atoms in total. The molecular weight excluding hydrogens is 274 g/mol. The molecule has 0 saturated carbocycles. The normalized spacial score (nSPS) is 12.2. The SMILES string of the molecule is Cc1ccc(NC(=O)[C@@H](C)c2c(C)n[nH]c2C)c(Cl)c1. The van der Waals surface area contributed by atoms with Crippen LogP contribution in [0.5, 0.6) is 0 Å². The molecule has 2 N–H and O–H groups in total. The molecule has 106 valence electrons. The van der Waals surface area contributed by atoms with Gasteiger partial charge in [0.15, 0.2) is 0 Å². The number of nitrogens with one attached hydrogen (secondary N) is 2. The molecule has 0 aliphatic carbocycles. The monoisotopic (exact) mass is 291 g/mol. The van der Waals surface area contributed by atoms with Crippen LogP contribution < -0.4 is 5.32 Å². The summed E-state index contributed by atoms with van der Waals surface area (Å²) in [5.74, 6) is -0.380. The second kappa shape index (κ2) is 5.67. The van der Waals surface area contributed by atoms with Crippen molar-refractivity contribution in [3.05, 3.63) is 45.7 Å². The van der Waals surface area contributed by atoms with Crippen molar-refractivity contribution in [2.45, 2.75) is 33.6 Å². The number of benzene rings is 1. The van der Waals surface area contributed by atoms with Gasteiger partial charge >= 0.3 is 0 Å². The van der Waals surface area contributed by atoms with Crippen molar-refractivity contribution in [3.8, 4) is 0 Å². The van der Waals surface area contributed by atoms with E-state index in [4.69, 9.17) is 11.6 Å². The number of hydrogen-bond acceptors (Lipinski definition) is 2. The van der Waals surface area contributed by atoms with E-state index < -0.39 is 0 Å². The van der Waals surface area contributed by atoms with Gasteiger partial charge in [0.25, 0.3) is 0 Å². The summed E-state index contributed by atoms with van der Waals surface area (Å²) < 4.78 is 0. The van der Waals surface area contributed by atoms with Crippen LogP contribution in [0.2, 0.25) is 5.02 Å². The Morgan fingerprint density at radius 3 is 2.60 bits per heavy atom. The molecule has 0 aliphatic heterocycles. The molecule has 0 aliphatic rings. The Bertz CT molecular complexity index is 629. The molecule has 1 aromatic heterocycles. The maximum atomic E-state index is 12.3. The summed E-state index contributed by atoms with van der Waals surface area (Å²) in [6.45, 7) is 7.63. The Labute approximate surface area is 123 Å². The van der Waals surface area contributed by atoms with Gasteiger partial charge in [-0.2, -0.15) is 5.10 Å². The zero-order valence-electron chi connectivity index (χ0n) is 12.0. The third-order valence-electron chi connectivity index (χ3n) is 3.39. The van der Waals surface area contributed by atoms with E-state index in [1.54, 1.807) is 0 Å². The Balaban J connectivity index is 2.20. The lowest BCUT2D eigenvalue weighted by molar-refractivity contribution is -0.117. The molecule has 0 bridgehead atoms. The Hall–Kier alpha value is -1.81. The van der Waals surface area contributed by atoms with Crippen molar-refractivity contribution >= 4 is 23.2 Å². The van der Waals surface area contributed by atoms with Gasteiger partial charge < -0.3 is 5.32 Å². The molecule has 2 aromatic rings. The van der Waals surface area contributed by atoms with Gasteiger partial charge in [-0.1, -0.05) is 17.7 Å². The minimum Gasteiger partial charge on any atom is -0.324 e. The van der Waals surface area contributed by atoms with Crippen LogP contribution in [0, 0.1) is 20.8 Å². The topological polar surface area (TPSA) is 57.8 Å². The summed E-state index contributed by atoms with van der Waals surface area (Å²) >= 11 is 6.13. The standard InChI is InChI=1S/C15H18ClN3O/c1-8-5-6-13(12(16)7-8)17-15(20)9(2)14-10(3)18-19-11(14)4/h5-7,9H,1-4H3,(H,17,20)(H,18,19)/t9-/m0/s1. The van der Waals surface area contributed by atoms with E-state index in [9.17, 15) is 4.79 Å². The second-order valence-corrected chi connectivity index (χ2v) is 5.45. The highest BCUT2D eigenvalue weighted by Gasteiger charge is 2.21. The maximum absolute atomic E-state index is 12.3. The molecule has 20 heavy (non-hydrogen) atoms. The molecule has 1 atom stereocenters. The van der Waals surface area contributed by atoms with Crippen molar-refractivity contribution < 1.29 is 4.79 Å². The number of aromatic nitrogens is 2. The van der Waals surface area contributed by atoms with Crippen molar-refractivity contribution in [3.63, 3.8) is 0 Å². The lowest BCUT2D eigenvalue weighted by Crippen LogP contribution is -2.20. The first-order chi connectivity index (χ1) is 9.40. The summed E-state index contributed by atoms with van der Waals surface area (Å²) in [5, 5.41) is 10.4. The number of amides is 1. The van der Waals surface area contributed by atoms with Gasteiger partial charge in [-0.3, -0.25) is 9.89 Å². The van der Waals surface area contributed by atoms with Crippen molar-refractivity contribution in [1.82, 2.24) is 10.2 Å². The van der Waals surface area contributed by atoms with Crippen LogP contribution in [-0.2, 0) is 4.79 Å². The first-order valence-electron chi connectivity index (χ1n) is 6.48. The second-order valence-electron chi connectivity index (χ2n) is 5.04. The average molecular weight is 292 g/mol. The minimum absolute atomic E-state index is 0.0941. The van der Waals surface area contributed by atoms with Crippen molar-refractivity contribution in [2.75, 3.05) is 5.32 Å². The lowest BCUT2D eigenvalue weighted by Gasteiger charge is -2.14. The smallest absolute Gasteiger partial charge is 0.231 e. The highest BCUT2D eigenvalue weighted by atomic mass is 35.5. The third-order valence-corrected chi connectivity index (χ3v) is 3.71. The van der Waals surface area contributed by atoms with Crippen LogP contribution in [0.3, 0.4) is 0 Å². The van der Waals surface area contributed by atoms with Gasteiger partial charge in [-0.15, -0.1) is 0 Å². The fourth-order valence-corrected chi connectivity index (χ4v) is 2.57. The summed E-state index contributed by atoms with van der Waals surface area (Å²) in [6, 6.07) is 5.56. The Morgan fingerprint density at radius 2 is 2.05 bits per heavy atom. The maximum Gasteiger partial charge on any atom is 0.231 e. The minimum atomic E-state index is -0.286. The Morgan fingerprint density at radius 1 is 1.35 bits per heavy atom. The Kier molecular flexibility index (Phi) is 4.14. The molecular formula is C15H18ClN3O. The van der Waals surface area contributed by atoms with Crippen LogP contribution in [-0.4, -0.2) is 16.1 Å². The molecule has 0 unspecified atom stereocenters. The van der Waals surface area contributed by atoms with E-state index in [-0.39, 0.29) is 11.8 Å². The molecule has 0 fully saturated rings. The van der Waals surface area contributed by atoms with Crippen LogP contribution in [0.1, 0.15) is 35.4 Å². The van der Waals surface area contributed by atoms with E-state index >= 15 is 0 Å². The molecule has 1 amide bonds. The van der Waals surface area contributed by atoms with Crippen molar-refractivity contribution in [2.24, 2.45) is 0 Å². The van der Waals surface area contributed by atoms with Gasteiger partial charge in [0.1, 0.15) is 0 Å².